The molecule has 4 heteroatoms. The van der Waals surface area contributed by atoms with Gasteiger partial charge in [-0.1, -0.05) is 41.9 Å². The number of nitrogens with one attached hydrogen (secondary N) is 1. The van der Waals surface area contributed by atoms with Crippen molar-refractivity contribution in [2.45, 2.75) is 19.4 Å². The minimum atomic E-state index is -0.310. The first-order valence-electron chi connectivity index (χ1n) is 6.82. The molecule has 2 aromatic carbocycles. The second kappa shape index (κ2) is 7.25. The number of aliphatic hydroxyl groups excluding tert-OH is 1. The van der Waals surface area contributed by atoms with Crippen molar-refractivity contribution >= 4 is 17.5 Å². The number of aliphatic hydroxyl groups is 1. The van der Waals surface area contributed by atoms with E-state index >= 15 is 0 Å². The monoisotopic (exact) mass is 303 g/mol. The summed E-state index contributed by atoms with van der Waals surface area (Å²) < 4.78 is 0. The van der Waals surface area contributed by atoms with Crippen molar-refractivity contribution in [2.75, 3.05) is 6.61 Å². The molecule has 0 saturated carbocycles. The minimum Gasteiger partial charge on any atom is -0.394 e. The molecule has 0 spiro atoms. The number of hydrogen-bond donors (Lipinski definition) is 2. The van der Waals surface area contributed by atoms with Crippen LogP contribution in [0.3, 0.4) is 0 Å². The molecule has 2 rings (SSSR count). The van der Waals surface area contributed by atoms with Gasteiger partial charge in [-0.2, -0.15) is 0 Å². The summed E-state index contributed by atoms with van der Waals surface area (Å²) in [7, 11) is 0. The van der Waals surface area contributed by atoms with Crippen LogP contribution < -0.4 is 5.32 Å². The molecule has 0 radical (unpaired) electrons. The van der Waals surface area contributed by atoms with E-state index in [1.165, 1.54) is 0 Å². The van der Waals surface area contributed by atoms with E-state index in [9.17, 15) is 9.90 Å². The number of halogens is 1. The second-order valence-corrected chi connectivity index (χ2v) is 5.44. The number of rotatable bonds is 5. The highest BCUT2D eigenvalue weighted by Gasteiger charge is 2.15. The number of aryl methyl sites for hydroxylation is 1. The van der Waals surface area contributed by atoms with Crippen LogP contribution in [0.2, 0.25) is 5.02 Å². The van der Waals surface area contributed by atoms with Crippen molar-refractivity contribution < 1.29 is 9.90 Å². The summed E-state index contributed by atoms with van der Waals surface area (Å²) in [4.78, 5) is 12.3. The molecule has 1 atom stereocenters. The van der Waals surface area contributed by atoms with Crippen LogP contribution in [0.15, 0.2) is 48.5 Å². The third kappa shape index (κ3) is 4.31. The maximum Gasteiger partial charge on any atom is 0.251 e. The maximum absolute atomic E-state index is 12.3. The molecule has 2 aromatic rings. The van der Waals surface area contributed by atoms with Gasteiger partial charge in [-0.15, -0.1) is 0 Å². The molecule has 0 aliphatic carbocycles. The molecule has 0 fully saturated rings. The van der Waals surface area contributed by atoms with Crippen LogP contribution in [-0.4, -0.2) is 23.7 Å². The fourth-order valence-corrected chi connectivity index (χ4v) is 2.43. The molecule has 0 aromatic heterocycles. The van der Waals surface area contributed by atoms with E-state index in [4.69, 9.17) is 11.6 Å². The van der Waals surface area contributed by atoms with Crippen LogP contribution >= 0.6 is 11.6 Å². The number of amides is 1. The van der Waals surface area contributed by atoms with Crippen LogP contribution in [0.1, 0.15) is 21.5 Å². The van der Waals surface area contributed by atoms with Gasteiger partial charge in [0.1, 0.15) is 0 Å². The van der Waals surface area contributed by atoms with Crippen LogP contribution in [0.5, 0.6) is 0 Å². The summed E-state index contributed by atoms with van der Waals surface area (Å²) in [5.74, 6) is -0.195. The molecule has 0 heterocycles. The van der Waals surface area contributed by atoms with Gasteiger partial charge in [0.15, 0.2) is 0 Å². The van der Waals surface area contributed by atoms with Gasteiger partial charge in [0.2, 0.25) is 0 Å². The van der Waals surface area contributed by atoms with Crippen molar-refractivity contribution in [2.24, 2.45) is 0 Å². The molecule has 21 heavy (non-hydrogen) atoms. The lowest BCUT2D eigenvalue weighted by atomic mass is 10.0. The van der Waals surface area contributed by atoms with Gasteiger partial charge in [0.05, 0.1) is 12.6 Å². The third-order valence-corrected chi connectivity index (χ3v) is 3.55. The molecule has 110 valence electrons. The third-order valence-electron chi connectivity index (χ3n) is 3.31. The highest BCUT2D eigenvalue weighted by molar-refractivity contribution is 6.30. The lowest BCUT2D eigenvalue weighted by Crippen LogP contribution is -2.39. The SMILES string of the molecule is Cc1cc(Cl)ccc1C(=O)N[C@@H](CO)Cc1ccccc1. The van der Waals surface area contributed by atoms with E-state index in [1.54, 1.807) is 18.2 Å². The first kappa shape index (κ1) is 15.5. The Morgan fingerprint density at radius 2 is 1.95 bits per heavy atom. The molecule has 3 nitrogen and oxygen atoms in total. The molecule has 0 aliphatic heterocycles. The van der Waals surface area contributed by atoms with Gasteiger partial charge in [-0.3, -0.25) is 4.79 Å². The number of carbonyl (C=O) groups is 1. The van der Waals surface area contributed by atoms with Crippen LogP contribution in [0.4, 0.5) is 0 Å². The smallest absolute Gasteiger partial charge is 0.251 e. The zero-order valence-electron chi connectivity index (χ0n) is 11.8. The molecule has 2 N–H and O–H groups in total. The normalized spacial score (nSPS) is 12.0. The Balaban J connectivity index is 2.06. The molecular weight excluding hydrogens is 286 g/mol. The zero-order chi connectivity index (χ0) is 15.2. The van der Waals surface area contributed by atoms with Gasteiger partial charge in [0.25, 0.3) is 5.91 Å². The summed E-state index contributed by atoms with van der Waals surface area (Å²) in [6.45, 7) is 1.74. The van der Waals surface area contributed by atoms with E-state index < -0.39 is 0 Å². The Morgan fingerprint density at radius 1 is 1.24 bits per heavy atom. The summed E-state index contributed by atoms with van der Waals surface area (Å²) in [5.41, 5.74) is 2.46. The zero-order valence-corrected chi connectivity index (χ0v) is 12.6. The molecular formula is C17H18ClNO2. The van der Waals surface area contributed by atoms with Crippen molar-refractivity contribution in [1.82, 2.24) is 5.32 Å². The average Bonchev–Trinajstić information content (AvgIpc) is 2.47. The van der Waals surface area contributed by atoms with Crippen molar-refractivity contribution in [3.05, 3.63) is 70.2 Å². The average molecular weight is 304 g/mol. The Kier molecular flexibility index (Phi) is 5.37. The van der Waals surface area contributed by atoms with E-state index in [-0.39, 0.29) is 18.6 Å². The Hall–Kier alpha value is -1.84. The molecule has 0 unspecified atom stereocenters. The van der Waals surface area contributed by atoms with Crippen molar-refractivity contribution in [1.29, 1.82) is 0 Å². The first-order chi connectivity index (χ1) is 10.1. The highest BCUT2D eigenvalue weighted by atomic mass is 35.5. The Morgan fingerprint density at radius 3 is 2.57 bits per heavy atom. The summed E-state index contributed by atoms with van der Waals surface area (Å²) in [5, 5.41) is 12.9. The molecule has 0 bridgehead atoms. The summed E-state index contributed by atoms with van der Waals surface area (Å²) in [6, 6.07) is 14.6. The Bertz CT molecular complexity index is 613. The maximum atomic E-state index is 12.3. The molecule has 0 saturated heterocycles. The van der Waals surface area contributed by atoms with Crippen LogP contribution in [0.25, 0.3) is 0 Å². The topological polar surface area (TPSA) is 49.3 Å². The van der Waals surface area contributed by atoms with Gasteiger partial charge < -0.3 is 10.4 Å². The van der Waals surface area contributed by atoms with E-state index in [0.717, 1.165) is 11.1 Å². The van der Waals surface area contributed by atoms with E-state index in [0.29, 0.717) is 17.0 Å². The predicted octanol–water partition coefficient (Wildman–Crippen LogP) is 2.98. The van der Waals surface area contributed by atoms with E-state index in [2.05, 4.69) is 5.32 Å². The predicted molar refractivity (Wildman–Crippen MR) is 84.7 cm³/mol. The Labute approximate surface area is 129 Å². The van der Waals surface area contributed by atoms with Gasteiger partial charge in [0, 0.05) is 10.6 Å². The van der Waals surface area contributed by atoms with Crippen molar-refractivity contribution in [3.8, 4) is 0 Å². The van der Waals surface area contributed by atoms with Gasteiger partial charge in [-0.25, -0.2) is 0 Å². The summed E-state index contributed by atoms with van der Waals surface area (Å²) >= 11 is 5.89. The van der Waals surface area contributed by atoms with Gasteiger partial charge in [-0.05, 0) is 42.7 Å². The van der Waals surface area contributed by atoms with E-state index in [1.807, 2.05) is 37.3 Å². The standard InChI is InChI=1S/C17H18ClNO2/c1-12-9-14(18)7-8-16(12)17(21)19-15(11-20)10-13-5-3-2-4-6-13/h2-9,15,20H,10-11H2,1H3,(H,19,21)/t15-/m1/s1. The lowest BCUT2D eigenvalue weighted by Gasteiger charge is -2.17. The molecule has 0 aliphatic rings. The fraction of sp³-hybridized carbons (Fsp3) is 0.235. The first-order valence-corrected chi connectivity index (χ1v) is 7.19. The lowest BCUT2D eigenvalue weighted by molar-refractivity contribution is 0.0916. The highest BCUT2D eigenvalue weighted by Crippen LogP contribution is 2.15. The van der Waals surface area contributed by atoms with Crippen LogP contribution in [0, 0.1) is 6.92 Å². The molecule has 1 amide bonds. The number of carbonyl (C=O) groups excluding carboxylic acids is 1. The summed E-state index contributed by atoms with van der Waals surface area (Å²) in [6.07, 6.45) is 0.593. The second-order valence-electron chi connectivity index (χ2n) is 5.00. The van der Waals surface area contributed by atoms with Crippen molar-refractivity contribution in [3.63, 3.8) is 0 Å². The van der Waals surface area contributed by atoms with Gasteiger partial charge >= 0.3 is 0 Å². The largest absolute Gasteiger partial charge is 0.394 e. The fourth-order valence-electron chi connectivity index (χ4n) is 2.20. The quantitative estimate of drug-likeness (QED) is 0.892. The minimum absolute atomic E-state index is 0.104. The number of benzene rings is 2. The van der Waals surface area contributed by atoms with Crippen LogP contribution in [-0.2, 0) is 6.42 Å². The number of hydrogen-bond acceptors (Lipinski definition) is 2.